The second-order valence-corrected chi connectivity index (χ2v) is 5.07. The van der Waals surface area contributed by atoms with Gasteiger partial charge >= 0.3 is 0 Å². The number of tetrazole rings is 1. The summed E-state index contributed by atoms with van der Waals surface area (Å²) in [5.74, 6) is 0.564. The van der Waals surface area contributed by atoms with Crippen molar-refractivity contribution < 1.29 is 0 Å². The van der Waals surface area contributed by atoms with Gasteiger partial charge in [0.05, 0.1) is 5.69 Å². The second kappa shape index (κ2) is 4.93. The molecule has 0 unspecified atom stereocenters. The number of anilines is 2. The number of aromatic nitrogens is 4. The summed E-state index contributed by atoms with van der Waals surface area (Å²) in [6, 6.07) is 12.9. The van der Waals surface area contributed by atoms with Crippen LogP contribution in [0.25, 0.3) is 17.1 Å². The van der Waals surface area contributed by atoms with Gasteiger partial charge in [0.15, 0.2) is 5.82 Å². The van der Waals surface area contributed by atoms with Crippen molar-refractivity contribution in [3.05, 3.63) is 46.9 Å². The van der Waals surface area contributed by atoms with Crippen LogP contribution in [0.2, 0.25) is 0 Å². The molecule has 100 valence electrons. The highest BCUT2D eigenvalue weighted by Gasteiger charge is 2.15. The Morgan fingerprint density at radius 1 is 1.05 bits per heavy atom. The summed E-state index contributed by atoms with van der Waals surface area (Å²) >= 11 is 3.49. The van der Waals surface area contributed by atoms with E-state index in [1.807, 2.05) is 30.3 Å². The van der Waals surface area contributed by atoms with Crippen LogP contribution in [0.15, 0.2) is 46.9 Å². The smallest absolute Gasteiger partial charge is 0.189 e. The normalized spacial score (nSPS) is 10.7. The topological polar surface area (TPSA) is 95.6 Å². The predicted molar refractivity (Wildman–Crippen MR) is 81.1 cm³/mol. The van der Waals surface area contributed by atoms with E-state index in [0.29, 0.717) is 17.2 Å². The second-order valence-electron chi connectivity index (χ2n) is 4.21. The van der Waals surface area contributed by atoms with Gasteiger partial charge in [-0.25, -0.2) is 0 Å². The van der Waals surface area contributed by atoms with E-state index in [1.165, 1.54) is 0 Å². The lowest BCUT2D eigenvalue weighted by Crippen LogP contribution is -2.02. The first-order chi connectivity index (χ1) is 9.66. The molecule has 1 heterocycles. The molecular formula is C13H11BrN6. The Kier molecular flexibility index (Phi) is 3.11. The third-order valence-corrected chi connectivity index (χ3v) is 3.54. The number of benzene rings is 2. The molecule has 0 bridgehead atoms. The Morgan fingerprint density at radius 3 is 2.60 bits per heavy atom. The SMILES string of the molecule is Nc1ccc(-c2nnnn2-c2ccccc2Br)c(N)c1. The number of hydrogen-bond acceptors (Lipinski definition) is 5. The third kappa shape index (κ3) is 2.12. The van der Waals surface area contributed by atoms with Gasteiger partial charge in [0.1, 0.15) is 0 Å². The van der Waals surface area contributed by atoms with Crippen LogP contribution >= 0.6 is 15.9 Å². The van der Waals surface area contributed by atoms with E-state index in [-0.39, 0.29) is 0 Å². The highest BCUT2D eigenvalue weighted by molar-refractivity contribution is 9.10. The van der Waals surface area contributed by atoms with Gasteiger partial charge in [-0.2, -0.15) is 4.68 Å². The standard InChI is InChI=1S/C13H11BrN6/c14-10-3-1-2-4-12(10)20-13(17-18-19-20)9-6-5-8(15)7-11(9)16/h1-7H,15-16H2. The largest absolute Gasteiger partial charge is 0.399 e. The molecule has 0 spiro atoms. The zero-order valence-corrected chi connectivity index (χ0v) is 11.9. The number of para-hydroxylation sites is 1. The molecular weight excluding hydrogens is 320 g/mol. The Balaban J connectivity index is 2.18. The monoisotopic (exact) mass is 330 g/mol. The van der Waals surface area contributed by atoms with Gasteiger partial charge in [0.2, 0.25) is 0 Å². The summed E-state index contributed by atoms with van der Waals surface area (Å²) in [6.45, 7) is 0. The van der Waals surface area contributed by atoms with Crippen molar-refractivity contribution in [1.82, 2.24) is 20.2 Å². The minimum atomic E-state index is 0.535. The number of nitrogens with zero attached hydrogens (tertiary/aromatic N) is 4. The Labute approximate surface area is 123 Å². The number of nitrogens with two attached hydrogens (primary N) is 2. The molecule has 1 aromatic heterocycles. The van der Waals surface area contributed by atoms with Crippen LogP contribution in [0, 0.1) is 0 Å². The van der Waals surface area contributed by atoms with Gasteiger partial charge in [0.25, 0.3) is 0 Å². The molecule has 0 fully saturated rings. The molecule has 0 amide bonds. The summed E-state index contributed by atoms with van der Waals surface area (Å²) in [5, 5.41) is 11.8. The van der Waals surface area contributed by atoms with Gasteiger partial charge < -0.3 is 11.5 Å². The van der Waals surface area contributed by atoms with Crippen molar-refractivity contribution >= 4 is 27.3 Å². The number of nitrogen functional groups attached to an aromatic ring is 2. The molecule has 0 aliphatic heterocycles. The zero-order chi connectivity index (χ0) is 14.1. The van der Waals surface area contributed by atoms with E-state index in [4.69, 9.17) is 11.5 Å². The summed E-state index contributed by atoms with van der Waals surface area (Å²) in [6.07, 6.45) is 0. The third-order valence-electron chi connectivity index (χ3n) is 2.87. The summed E-state index contributed by atoms with van der Waals surface area (Å²) in [4.78, 5) is 0. The lowest BCUT2D eigenvalue weighted by molar-refractivity contribution is 0.789. The summed E-state index contributed by atoms with van der Waals surface area (Å²) in [5.41, 5.74) is 14.4. The fraction of sp³-hybridized carbons (Fsp3) is 0. The maximum Gasteiger partial charge on any atom is 0.189 e. The van der Waals surface area contributed by atoms with Crippen LogP contribution in [-0.4, -0.2) is 20.2 Å². The molecule has 0 aliphatic rings. The highest BCUT2D eigenvalue weighted by atomic mass is 79.9. The van der Waals surface area contributed by atoms with E-state index in [9.17, 15) is 0 Å². The molecule has 3 aromatic rings. The average molecular weight is 331 g/mol. The van der Waals surface area contributed by atoms with Crippen LogP contribution in [0.5, 0.6) is 0 Å². The lowest BCUT2D eigenvalue weighted by Gasteiger charge is -2.08. The number of halogens is 1. The van der Waals surface area contributed by atoms with Crippen LogP contribution in [0.4, 0.5) is 11.4 Å². The first-order valence-corrected chi connectivity index (χ1v) is 6.65. The molecule has 0 saturated carbocycles. The van der Waals surface area contributed by atoms with E-state index >= 15 is 0 Å². The molecule has 0 radical (unpaired) electrons. The fourth-order valence-corrected chi connectivity index (χ4v) is 2.38. The Bertz CT molecular complexity index is 767. The van der Waals surface area contributed by atoms with Crippen LogP contribution in [0.3, 0.4) is 0 Å². The molecule has 2 aromatic carbocycles. The van der Waals surface area contributed by atoms with Crippen molar-refractivity contribution in [3.63, 3.8) is 0 Å². The van der Waals surface area contributed by atoms with E-state index in [0.717, 1.165) is 15.7 Å². The molecule has 4 N–H and O–H groups in total. The first kappa shape index (κ1) is 12.6. The maximum atomic E-state index is 6.00. The average Bonchev–Trinajstić information content (AvgIpc) is 2.88. The van der Waals surface area contributed by atoms with E-state index < -0.39 is 0 Å². The maximum absolute atomic E-state index is 6.00. The van der Waals surface area contributed by atoms with Crippen molar-refractivity contribution in [2.45, 2.75) is 0 Å². The van der Waals surface area contributed by atoms with Gasteiger partial charge in [-0.1, -0.05) is 12.1 Å². The summed E-state index contributed by atoms with van der Waals surface area (Å²) in [7, 11) is 0. The molecule has 20 heavy (non-hydrogen) atoms. The molecule has 0 saturated heterocycles. The van der Waals surface area contributed by atoms with Gasteiger partial charge in [-0.15, -0.1) is 5.10 Å². The molecule has 7 heteroatoms. The zero-order valence-electron chi connectivity index (χ0n) is 10.4. The Morgan fingerprint density at radius 2 is 1.85 bits per heavy atom. The quantitative estimate of drug-likeness (QED) is 0.702. The van der Waals surface area contributed by atoms with Gasteiger partial charge in [-0.05, 0) is 56.7 Å². The van der Waals surface area contributed by atoms with Crippen molar-refractivity contribution in [1.29, 1.82) is 0 Å². The Hall–Kier alpha value is -2.41. The summed E-state index contributed by atoms with van der Waals surface area (Å²) < 4.78 is 2.52. The molecule has 0 aliphatic carbocycles. The molecule has 3 rings (SSSR count). The van der Waals surface area contributed by atoms with E-state index in [2.05, 4.69) is 31.5 Å². The van der Waals surface area contributed by atoms with Crippen LogP contribution < -0.4 is 11.5 Å². The number of hydrogen-bond donors (Lipinski definition) is 2. The van der Waals surface area contributed by atoms with Crippen molar-refractivity contribution in [2.24, 2.45) is 0 Å². The van der Waals surface area contributed by atoms with Crippen molar-refractivity contribution in [2.75, 3.05) is 11.5 Å². The minimum Gasteiger partial charge on any atom is -0.399 e. The number of rotatable bonds is 2. The van der Waals surface area contributed by atoms with Gasteiger partial charge in [0, 0.05) is 21.4 Å². The van der Waals surface area contributed by atoms with Gasteiger partial charge in [-0.3, -0.25) is 0 Å². The first-order valence-electron chi connectivity index (χ1n) is 5.85. The highest BCUT2D eigenvalue weighted by Crippen LogP contribution is 2.29. The van der Waals surface area contributed by atoms with Crippen LogP contribution in [-0.2, 0) is 0 Å². The fourth-order valence-electron chi connectivity index (χ4n) is 1.93. The van der Waals surface area contributed by atoms with Crippen LogP contribution in [0.1, 0.15) is 0 Å². The molecule has 0 atom stereocenters. The van der Waals surface area contributed by atoms with Crippen molar-refractivity contribution in [3.8, 4) is 17.1 Å². The predicted octanol–water partition coefficient (Wildman–Crippen LogP) is 2.26. The lowest BCUT2D eigenvalue weighted by atomic mass is 10.1. The molecule has 6 nitrogen and oxygen atoms in total. The minimum absolute atomic E-state index is 0.535. The van der Waals surface area contributed by atoms with E-state index in [1.54, 1.807) is 16.8 Å².